The Morgan fingerprint density at radius 2 is 1.48 bits per heavy atom. The highest BCUT2D eigenvalue weighted by Crippen LogP contribution is 2.10. The summed E-state index contributed by atoms with van der Waals surface area (Å²) >= 11 is 0. The first kappa shape index (κ1) is 22.4. The molecule has 0 amide bonds. The number of carbonyl (C=O) groups is 1. The minimum Gasteiger partial charge on any atom is -0.480 e. The van der Waals surface area contributed by atoms with E-state index >= 15 is 0 Å². The van der Waals surface area contributed by atoms with Crippen LogP contribution in [0.15, 0.2) is 0 Å². The van der Waals surface area contributed by atoms with Crippen molar-refractivity contribution in [2.24, 2.45) is 0 Å². The van der Waals surface area contributed by atoms with Gasteiger partial charge in [0, 0.05) is 13.7 Å². The lowest BCUT2D eigenvalue weighted by Gasteiger charge is -2.16. The molecule has 0 aliphatic carbocycles. The third-order valence-electron chi connectivity index (χ3n) is 3.74. The van der Waals surface area contributed by atoms with Crippen LogP contribution in [-0.4, -0.2) is 50.7 Å². The van der Waals surface area contributed by atoms with Crippen LogP contribution in [0.2, 0.25) is 0 Å². The summed E-state index contributed by atoms with van der Waals surface area (Å²) in [5, 5.41) is 8.60. The summed E-state index contributed by atoms with van der Waals surface area (Å²) in [4.78, 5) is 10.5. The van der Waals surface area contributed by atoms with Crippen LogP contribution in [0.5, 0.6) is 0 Å². The fourth-order valence-electron chi connectivity index (χ4n) is 2.43. The molecule has 0 aromatic heterocycles. The van der Waals surface area contributed by atoms with Gasteiger partial charge in [-0.05, 0) is 6.42 Å². The highest BCUT2D eigenvalue weighted by molar-refractivity contribution is 5.68. The van der Waals surface area contributed by atoms with Gasteiger partial charge in [0.05, 0.1) is 13.2 Å². The summed E-state index contributed by atoms with van der Waals surface area (Å²) in [6.07, 6.45) is 12.7. The summed E-state index contributed by atoms with van der Waals surface area (Å²) in [6, 6.07) is 0. The van der Waals surface area contributed by atoms with Crippen LogP contribution in [0.3, 0.4) is 0 Å². The molecular weight excluding hydrogens is 296 g/mol. The summed E-state index contributed by atoms with van der Waals surface area (Å²) in [5.41, 5.74) is 0. The maximum Gasteiger partial charge on any atom is 0.329 e. The number of ether oxygens (including phenoxy) is 3. The Bertz CT molecular complexity index is 258. The van der Waals surface area contributed by atoms with Gasteiger partial charge in [0.1, 0.15) is 12.7 Å². The number of hydrogen-bond acceptors (Lipinski definition) is 4. The SMILES string of the molecule is CCCCCCCCCCCCOCC(COC)OCC(=O)O. The largest absolute Gasteiger partial charge is 0.480 e. The van der Waals surface area contributed by atoms with Crippen LogP contribution in [-0.2, 0) is 19.0 Å². The predicted octanol–water partition coefficient (Wildman–Crippen LogP) is 4.04. The molecule has 0 fully saturated rings. The number of carboxylic acid groups (broad SMARTS) is 1. The van der Waals surface area contributed by atoms with Gasteiger partial charge in [-0.3, -0.25) is 0 Å². The lowest BCUT2D eigenvalue weighted by atomic mass is 10.1. The number of methoxy groups -OCH3 is 1. The Labute approximate surface area is 141 Å². The molecule has 5 heteroatoms. The molecule has 1 unspecified atom stereocenters. The van der Waals surface area contributed by atoms with Gasteiger partial charge in [-0.1, -0.05) is 64.7 Å². The van der Waals surface area contributed by atoms with Crippen molar-refractivity contribution in [3.05, 3.63) is 0 Å². The van der Waals surface area contributed by atoms with E-state index in [0.717, 1.165) is 6.42 Å². The topological polar surface area (TPSA) is 65.0 Å². The maximum absolute atomic E-state index is 10.5. The Balaban J connectivity index is 3.33. The van der Waals surface area contributed by atoms with Crippen molar-refractivity contribution in [3.63, 3.8) is 0 Å². The third kappa shape index (κ3) is 17.5. The zero-order valence-electron chi connectivity index (χ0n) is 15.1. The number of rotatable bonds is 18. The van der Waals surface area contributed by atoms with Crippen LogP contribution in [0.4, 0.5) is 0 Å². The van der Waals surface area contributed by atoms with E-state index in [9.17, 15) is 4.79 Å². The molecular formula is C18H36O5. The fourth-order valence-corrected chi connectivity index (χ4v) is 2.43. The van der Waals surface area contributed by atoms with Crippen molar-refractivity contribution in [1.29, 1.82) is 0 Å². The van der Waals surface area contributed by atoms with Crippen molar-refractivity contribution >= 4 is 5.97 Å². The van der Waals surface area contributed by atoms with Gasteiger partial charge in [0.15, 0.2) is 0 Å². The van der Waals surface area contributed by atoms with Crippen molar-refractivity contribution < 1.29 is 24.1 Å². The van der Waals surface area contributed by atoms with E-state index in [4.69, 9.17) is 19.3 Å². The van der Waals surface area contributed by atoms with E-state index in [1.807, 2.05) is 0 Å². The second-order valence-electron chi connectivity index (χ2n) is 6.04. The summed E-state index contributed by atoms with van der Waals surface area (Å²) in [6.45, 7) is 3.38. The molecule has 0 spiro atoms. The highest BCUT2D eigenvalue weighted by atomic mass is 16.6. The standard InChI is InChI=1S/C18H36O5/c1-3-4-5-6-7-8-9-10-11-12-13-22-15-17(14-21-2)23-16-18(19)20/h17H,3-16H2,1-2H3,(H,19,20). The van der Waals surface area contributed by atoms with E-state index in [-0.39, 0.29) is 12.7 Å². The lowest BCUT2D eigenvalue weighted by Crippen LogP contribution is -2.27. The van der Waals surface area contributed by atoms with E-state index in [1.165, 1.54) is 57.8 Å². The molecule has 23 heavy (non-hydrogen) atoms. The molecule has 0 saturated carbocycles. The first-order valence-electron chi connectivity index (χ1n) is 9.10. The maximum atomic E-state index is 10.5. The first-order chi connectivity index (χ1) is 11.2. The monoisotopic (exact) mass is 332 g/mol. The Kier molecular flexibility index (Phi) is 17.2. The molecule has 0 aromatic carbocycles. The highest BCUT2D eigenvalue weighted by Gasteiger charge is 2.11. The Morgan fingerprint density at radius 3 is 2.00 bits per heavy atom. The van der Waals surface area contributed by atoms with Crippen molar-refractivity contribution in [2.75, 3.05) is 33.5 Å². The van der Waals surface area contributed by atoms with Gasteiger partial charge in [-0.2, -0.15) is 0 Å². The number of unbranched alkanes of at least 4 members (excludes halogenated alkanes) is 9. The number of carboxylic acids is 1. The zero-order valence-corrected chi connectivity index (χ0v) is 15.1. The Morgan fingerprint density at radius 1 is 0.913 bits per heavy atom. The van der Waals surface area contributed by atoms with Gasteiger partial charge in [0.2, 0.25) is 0 Å². The Hall–Kier alpha value is -0.650. The van der Waals surface area contributed by atoms with Crippen molar-refractivity contribution in [3.8, 4) is 0 Å². The fraction of sp³-hybridized carbons (Fsp3) is 0.944. The quantitative estimate of drug-likeness (QED) is 0.384. The molecule has 0 aromatic rings. The van der Waals surface area contributed by atoms with Crippen LogP contribution < -0.4 is 0 Å². The van der Waals surface area contributed by atoms with Crippen molar-refractivity contribution in [2.45, 2.75) is 77.2 Å². The lowest BCUT2D eigenvalue weighted by molar-refractivity contribution is -0.147. The van der Waals surface area contributed by atoms with Gasteiger partial charge in [-0.15, -0.1) is 0 Å². The number of aliphatic carboxylic acids is 1. The van der Waals surface area contributed by atoms with E-state index in [1.54, 1.807) is 7.11 Å². The van der Waals surface area contributed by atoms with Crippen LogP contribution in [0, 0.1) is 0 Å². The molecule has 1 atom stereocenters. The zero-order chi connectivity index (χ0) is 17.2. The summed E-state index contributed by atoms with van der Waals surface area (Å²) in [7, 11) is 1.57. The van der Waals surface area contributed by atoms with Crippen LogP contribution >= 0.6 is 0 Å². The molecule has 0 heterocycles. The van der Waals surface area contributed by atoms with Gasteiger partial charge >= 0.3 is 5.97 Å². The molecule has 0 aliphatic rings. The first-order valence-corrected chi connectivity index (χ1v) is 9.10. The van der Waals surface area contributed by atoms with Gasteiger partial charge < -0.3 is 19.3 Å². The predicted molar refractivity (Wildman–Crippen MR) is 91.9 cm³/mol. The minimum atomic E-state index is -0.971. The van der Waals surface area contributed by atoms with Gasteiger partial charge in [-0.25, -0.2) is 4.79 Å². The second-order valence-corrected chi connectivity index (χ2v) is 6.04. The molecule has 0 rings (SSSR count). The molecule has 138 valence electrons. The molecule has 5 nitrogen and oxygen atoms in total. The van der Waals surface area contributed by atoms with E-state index in [0.29, 0.717) is 19.8 Å². The second kappa shape index (κ2) is 17.7. The van der Waals surface area contributed by atoms with Gasteiger partial charge in [0.25, 0.3) is 0 Å². The smallest absolute Gasteiger partial charge is 0.329 e. The normalized spacial score (nSPS) is 12.4. The van der Waals surface area contributed by atoms with Crippen molar-refractivity contribution in [1.82, 2.24) is 0 Å². The van der Waals surface area contributed by atoms with E-state index in [2.05, 4.69) is 6.92 Å². The average molecular weight is 332 g/mol. The minimum absolute atomic E-state index is 0.306. The third-order valence-corrected chi connectivity index (χ3v) is 3.74. The van der Waals surface area contributed by atoms with Crippen LogP contribution in [0.1, 0.15) is 71.1 Å². The molecule has 0 aliphatic heterocycles. The van der Waals surface area contributed by atoms with Crippen LogP contribution in [0.25, 0.3) is 0 Å². The average Bonchev–Trinajstić information content (AvgIpc) is 2.53. The molecule has 1 N–H and O–H groups in total. The molecule has 0 saturated heterocycles. The molecule has 0 bridgehead atoms. The summed E-state index contributed by atoms with van der Waals surface area (Å²) in [5.74, 6) is -0.971. The summed E-state index contributed by atoms with van der Waals surface area (Å²) < 4.78 is 15.7. The molecule has 0 radical (unpaired) electrons. The number of hydrogen-bond donors (Lipinski definition) is 1. The van der Waals surface area contributed by atoms with E-state index < -0.39 is 5.97 Å².